The smallest absolute Gasteiger partial charge is 0.241 e. The Bertz CT molecular complexity index is 554. The molecule has 0 radical (unpaired) electrons. The monoisotopic (exact) mass is 330 g/mol. The maximum atomic E-state index is 13.3. The Morgan fingerprint density at radius 1 is 1.17 bits per heavy atom. The molecule has 0 unspecified atom stereocenters. The number of carbonyl (C=O) groups excluding carboxylic acids is 1. The van der Waals surface area contributed by atoms with Crippen LogP contribution in [0.3, 0.4) is 0 Å². The van der Waals surface area contributed by atoms with Gasteiger partial charge in [-0.1, -0.05) is 44.5 Å². The molecule has 1 fully saturated rings. The zero-order chi connectivity index (χ0) is 17.2. The van der Waals surface area contributed by atoms with Crippen molar-refractivity contribution in [1.29, 1.82) is 0 Å². The van der Waals surface area contributed by atoms with Crippen LogP contribution >= 0.6 is 0 Å². The first-order valence-corrected chi connectivity index (χ1v) is 9.30. The lowest BCUT2D eigenvalue weighted by atomic mass is 9.88. The van der Waals surface area contributed by atoms with Gasteiger partial charge in [0.1, 0.15) is 5.54 Å². The molecule has 3 rings (SSSR count). The van der Waals surface area contributed by atoms with Crippen molar-refractivity contribution in [2.24, 2.45) is 5.92 Å². The molecule has 4 heteroatoms. The maximum absolute atomic E-state index is 13.3. The van der Waals surface area contributed by atoms with Crippen molar-refractivity contribution < 1.29 is 9.90 Å². The van der Waals surface area contributed by atoms with Gasteiger partial charge in [-0.3, -0.25) is 9.69 Å². The molecule has 0 bridgehead atoms. The van der Waals surface area contributed by atoms with E-state index in [1.54, 1.807) is 0 Å². The number of hydrogen-bond donors (Lipinski definition) is 2. The van der Waals surface area contributed by atoms with Gasteiger partial charge in [-0.2, -0.15) is 0 Å². The van der Waals surface area contributed by atoms with Gasteiger partial charge in [0.15, 0.2) is 0 Å². The normalized spacial score (nSPS) is 21.5. The summed E-state index contributed by atoms with van der Waals surface area (Å²) in [6, 6.07) is 8.25. The van der Waals surface area contributed by atoms with Gasteiger partial charge in [-0.25, -0.2) is 0 Å². The van der Waals surface area contributed by atoms with Gasteiger partial charge in [0.25, 0.3) is 0 Å². The van der Waals surface area contributed by atoms with E-state index in [2.05, 4.69) is 34.5 Å². The minimum atomic E-state index is -0.480. The molecule has 1 amide bonds. The van der Waals surface area contributed by atoms with Crippen LogP contribution < -0.4 is 5.32 Å². The molecule has 132 valence electrons. The maximum Gasteiger partial charge on any atom is 0.241 e. The number of piperidine rings is 1. The first-order chi connectivity index (χ1) is 11.6. The number of nitrogens with one attached hydrogen (secondary N) is 1. The van der Waals surface area contributed by atoms with Crippen molar-refractivity contribution in [3.8, 4) is 0 Å². The summed E-state index contributed by atoms with van der Waals surface area (Å²) in [7, 11) is 0. The third-order valence-electron chi connectivity index (χ3n) is 5.79. The Labute approximate surface area is 145 Å². The van der Waals surface area contributed by atoms with Crippen LogP contribution in [0.2, 0.25) is 0 Å². The van der Waals surface area contributed by atoms with Gasteiger partial charge >= 0.3 is 0 Å². The van der Waals surface area contributed by atoms with Gasteiger partial charge < -0.3 is 10.4 Å². The van der Waals surface area contributed by atoms with E-state index >= 15 is 0 Å². The lowest BCUT2D eigenvalue weighted by Crippen LogP contribution is -2.63. The first-order valence-electron chi connectivity index (χ1n) is 9.30. The molecule has 0 spiro atoms. The summed E-state index contributed by atoms with van der Waals surface area (Å²) < 4.78 is 0. The van der Waals surface area contributed by atoms with Crippen molar-refractivity contribution in [1.82, 2.24) is 10.2 Å². The quantitative estimate of drug-likeness (QED) is 0.870. The van der Waals surface area contributed by atoms with Gasteiger partial charge in [0, 0.05) is 12.8 Å². The highest BCUT2D eigenvalue weighted by atomic mass is 16.3. The van der Waals surface area contributed by atoms with E-state index in [0.717, 1.165) is 25.9 Å². The van der Waals surface area contributed by atoms with Gasteiger partial charge in [0.05, 0.1) is 12.6 Å². The highest BCUT2D eigenvalue weighted by Crippen LogP contribution is 2.36. The molecule has 4 nitrogen and oxygen atoms in total. The number of hydrogen-bond acceptors (Lipinski definition) is 3. The standard InChI is InChI=1S/C20H30N2O2/c1-15(2)18(14-23)21-19(24)20(22-10-6-3-7-11-22)12-16-8-4-5-9-17(16)13-20/h4-5,8-9,15,18,23H,3,6-7,10-14H2,1-2H3,(H,21,24)/t18-/m0/s1. The van der Waals surface area contributed by atoms with Crippen LogP contribution in [-0.4, -0.2) is 47.2 Å². The molecule has 1 aliphatic heterocycles. The van der Waals surface area contributed by atoms with Crippen LogP contribution in [0.15, 0.2) is 24.3 Å². The molecule has 1 aromatic carbocycles. The van der Waals surface area contributed by atoms with Crippen molar-refractivity contribution in [2.45, 2.75) is 57.5 Å². The average molecular weight is 330 g/mol. The number of carbonyl (C=O) groups is 1. The lowest BCUT2D eigenvalue weighted by molar-refractivity contribution is -0.135. The second-order valence-corrected chi connectivity index (χ2v) is 7.71. The molecular weight excluding hydrogens is 300 g/mol. The number of aliphatic hydroxyl groups is 1. The second kappa shape index (κ2) is 7.24. The van der Waals surface area contributed by atoms with Crippen molar-refractivity contribution in [3.05, 3.63) is 35.4 Å². The minimum absolute atomic E-state index is 0.00750. The van der Waals surface area contributed by atoms with Gasteiger partial charge in [-0.15, -0.1) is 0 Å². The van der Waals surface area contributed by atoms with E-state index in [0.29, 0.717) is 0 Å². The fourth-order valence-corrected chi connectivity index (χ4v) is 4.17. The van der Waals surface area contributed by atoms with Gasteiger partial charge in [0.2, 0.25) is 5.91 Å². The molecule has 1 atom stereocenters. The van der Waals surface area contributed by atoms with E-state index in [1.165, 1.54) is 30.4 Å². The second-order valence-electron chi connectivity index (χ2n) is 7.71. The number of benzene rings is 1. The Balaban J connectivity index is 1.87. The zero-order valence-electron chi connectivity index (χ0n) is 14.9. The summed E-state index contributed by atoms with van der Waals surface area (Å²) >= 11 is 0. The van der Waals surface area contributed by atoms with E-state index in [1.807, 2.05) is 13.8 Å². The van der Waals surface area contributed by atoms with Crippen LogP contribution in [0.5, 0.6) is 0 Å². The summed E-state index contributed by atoms with van der Waals surface area (Å²) in [6.45, 7) is 6.06. The lowest BCUT2D eigenvalue weighted by Gasteiger charge is -2.43. The van der Waals surface area contributed by atoms with E-state index < -0.39 is 5.54 Å². The van der Waals surface area contributed by atoms with Crippen LogP contribution in [0.4, 0.5) is 0 Å². The van der Waals surface area contributed by atoms with E-state index in [4.69, 9.17) is 0 Å². The topological polar surface area (TPSA) is 52.6 Å². The van der Waals surface area contributed by atoms with Crippen molar-refractivity contribution in [2.75, 3.05) is 19.7 Å². The van der Waals surface area contributed by atoms with Crippen LogP contribution in [0.1, 0.15) is 44.2 Å². The van der Waals surface area contributed by atoms with Crippen molar-refractivity contribution >= 4 is 5.91 Å². The Kier molecular flexibility index (Phi) is 5.26. The largest absolute Gasteiger partial charge is 0.394 e. The molecule has 0 saturated carbocycles. The highest BCUT2D eigenvalue weighted by molar-refractivity contribution is 5.88. The average Bonchev–Trinajstić information content (AvgIpc) is 3.00. The molecule has 2 aliphatic rings. The van der Waals surface area contributed by atoms with Crippen LogP contribution in [0, 0.1) is 5.92 Å². The van der Waals surface area contributed by atoms with Crippen molar-refractivity contribution in [3.63, 3.8) is 0 Å². The minimum Gasteiger partial charge on any atom is -0.394 e. The SMILES string of the molecule is CC(C)[C@H](CO)NC(=O)C1(N2CCCCC2)Cc2ccccc2C1. The molecule has 24 heavy (non-hydrogen) atoms. The number of fused-ring (bicyclic) bond motifs is 1. The predicted molar refractivity (Wildman–Crippen MR) is 95.9 cm³/mol. The molecule has 2 N–H and O–H groups in total. The van der Waals surface area contributed by atoms with Gasteiger partial charge in [-0.05, 0) is 43.0 Å². The number of aliphatic hydroxyl groups excluding tert-OH is 1. The third-order valence-corrected chi connectivity index (χ3v) is 5.79. The first kappa shape index (κ1) is 17.4. The van der Waals surface area contributed by atoms with E-state index in [9.17, 15) is 9.90 Å². The fourth-order valence-electron chi connectivity index (χ4n) is 4.17. The molecule has 1 aromatic rings. The fraction of sp³-hybridized carbons (Fsp3) is 0.650. The number of amides is 1. The molecule has 1 aliphatic carbocycles. The molecule has 0 aromatic heterocycles. The highest BCUT2D eigenvalue weighted by Gasteiger charge is 2.48. The van der Waals surface area contributed by atoms with E-state index in [-0.39, 0.29) is 24.5 Å². The third kappa shape index (κ3) is 3.22. The summed E-state index contributed by atoms with van der Waals surface area (Å²) in [4.78, 5) is 15.7. The Hall–Kier alpha value is -1.39. The zero-order valence-corrected chi connectivity index (χ0v) is 14.9. The number of rotatable bonds is 5. The summed E-state index contributed by atoms with van der Waals surface area (Å²) in [5.74, 6) is 0.314. The summed E-state index contributed by atoms with van der Waals surface area (Å²) in [6.07, 6.45) is 5.15. The molecular formula is C20H30N2O2. The molecule has 1 heterocycles. The Morgan fingerprint density at radius 3 is 2.25 bits per heavy atom. The molecule has 1 saturated heterocycles. The summed E-state index contributed by atoms with van der Waals surface area (Å²) in [5, 5.41) is 12.8. The van der Waals surface area contributed by atoms with Crippen LogP contribution in [0.25, 0.3) is 0 Å². The van der Waals surface area contributed by atoms with Crippen LogP contribution in [-0.2, 0) is 17.6 Å². The summed E-state index contributed by atoms with van der Waals surface area (Å²) in [5.41, 5.74) is 2.11. The number of nitrogens with zero attached hydrogens (tertiary/aromatic N) is 1. The number of likely N-dealkylation sites (tertiary alicyclic amines) is 1. The predicted octanol–water partition coefficient (Wildman–Crippen LogP) is 2.14. The Morgan fingerprint density at radius 2 is 1.75 bits per heavy atom.